The zero-order chi connectivity index (χ0) is 21.0. The normalized spacial score (nSPS) is 16.3. The number of hydrogen-bond acceptors (Lipinski definition) is 6. The molecule has 8 heteroatoms. The Balaban J connectivity index is 1.67. The molecule has 152 valence electrons. The SMILES string of the molecule is COc1ccc(C(=O)O[C@@H](C)C(=O)N[C@H]2CCCc3ccccc32)cc1[N+](=O)[O-]. The van der Waals surface area contributed by atoms with Crippen molar-refractivity contribution in [1.29, 1.82) is 0 Å². The van der Waals surface area contributed by atoms with Crippen LogP contribution in [0.4, 0.5) is 5.69 Å². The van der Waals surface area contributed by atoms with Crippen LogP contribution in [-0.4, -0.2) is 30.0 Å². The summed E-state index contributed by atoms with van der Waals surface area (Å²) in [5, 5.41) is 14.1. The maximum absolute atomic E-state index is 12.5. The molecule has 1 aliphatic rings. The van der Waals surface area contributed by atoms with Gasteiger partial charge in [-0.05, 0) is 49.4 Å². The summed E-state index contributed by atoms with van der Waals surface area (Å²) in [5.74, 6) is -1.20. The second-order valence-electron chi connectivity index (χ2n) is 6.84. The average Bonchev–Trinajstić information content (AvgIpc) is 2.73. The molecule has 3 rings (SSSR count). The van der Waals surface area contributed by atoms with Crippen LogP contribution in [0, 0.1) is 10.1 Å². The van der Waals surface area contributed by atoms with E-state index < -0.39 is 22.9 Å². The first kappa shape index (κ1) is 20.3. The Kier molecular flexibility index (Phi) is 6.11. The minimum absolute atomic E-state index is 0.0276. The average molecular weight is 398 g/mol. The summed E-state index contributed by atoms with van der Waals surface area (Å²) in [4.78, 5) is 35.4. The van der Waals surface area contributed by atoms with Gasteiger partial charge in [0.15, 0.2) is 11.9 Å². The van der Waals surface area contributed by atoms with Crippen molar-refractivity contribution in [3.8, 4) is 5.75 Å². The van der Waals surface area contributed by atoms with Gasteiger partial charge in [-0.2, -0.15) is 0 Å². The van der Waals surface area contributed by atoms with Gasteiger partial charge in [0, 0.05) is 6.07 Å². The number of carbonyl (C=O) groups excluding carboxylic acids is 2. The second kappa shape index (κ2) is 8.72. The van der Waals surface area contributed by atoms with Crippen LogP contribution in [0.1, 0.15) is 47.3 Å². The third-order valence-electron chi connectivity index (χ3n) is 4.95. The Bertz CT molecular complexity index is 943. The molecule has 2 atom stereocenters. The number of esters is 1. The Morgan fingerprint density at radius 3 is 2.72 bits per heavy atom. The van der Waals surface area contributed by atoms with Crippen molar-refractivity contribution < 1.29 is 24.0 Å². The van der Waals surface area contributed by atoms with Gasteiger partial charge >= 0.3 is 11.7 Å². The van der Waals surface area contributed by atoms with Crippen molar-refractivity contribution in [3.63, 3.8) is 0 Å². The van der Waals surface area contributed by atoms with Gasteiger partial charge in [0.2, 0.25) is 0 Å². The highest BCUT2D eigenvalue weighted by atomic mass is 16.6. The number of fused-ring (bicyclic) bond motifs is 1. The second-order valence-corrected chi connectivity index (χ2v) is 6.84. The minimum Gasteiger partial charge on any atom is -0.490 e. The number of benzene rings is 2. The van der Waals surface area contributed by atoms with Crippen molar-refractivity contribution in [2.45, 2.75) is 38.3 Å². The number of aryl methyl sites for hydroxylation is 1. The fourth-order valence-electron chi connectivity index (χ4n) is 3.43. The van der Waals surface area contributed by atoms with E-state index >= 15 is 0 Å². The number of nitrogens with one attached hydrogen (secondary N) is 1. The molecule has 2 aromatic carbocycles. The minimum atomic E-state index is -1.04. The van der Waals surface area contributed by atoms with E-state index in [0.717, 1.165) is 30.9 Å². The Morgan fingerprint density at radius 1 is 1.24 bits per heavy atom. The Morgan fingerprint density at radius 2 is 2.00 bits per heavy atom. The maximum atomic E-state index is 12.5. The number of ether oxygens (including phenoxy) is 2. The van der Waals surface area contributed by atoms with Gasteiger partial charge in [0.05, 0.1) is 23.6 Å². The van der Waals surface area contributed by atoms with Gasteiger partial charge in [-0.1, -0.05) is 24.3 Å². The summed E-state index contributed by atoms with van der Waals surface area (Å²) in [6.07, 6.45) is 1.71. The zero-order valence-corrected chi connectivity index (χ0v) is 16.2. The molecule has 1 amide bonds. The maximum Gasteiger partial charge on any atom is 0.339 e. The van der Waals surface area contributed by atoms with E-state index in [1.165, 1.54) is 31.7 Å². The number of hydrogen-bond donors (Lipinski definition) is 1. The van der Waals surface area contributed by atoms with Crippen molar-refractivity contribution in [2.24, 2.45) is 0 Å². The molecule has 8 nitrogen and oxygen atoms in total. The lowest BCUT2D eigenvalue weighted by atomic mass is 9.87. The van der Waals surface area contributed by atoms with Gasteiger partial charge in [0.1, 0.15) is 0 Å². The summed E-state index contributed by atoms with van der Waals surface area (Å²) >= 11 is 0. The quantitative estimate of drug-likeness (QED) is 0.454. The van der Waals surface area contributed by atoms with Crippen molar-refractivity contribution in [2.75, 3.05) is 7.11 Å². The van der Waals surface area contributed by atoms with E-state index in [4.69, 9.17) is 9.47 Å². The molecule has 0 fully saturated rings. The van der Waals surface area contributed by atoms with Gasteiger partial charge in [-0.3, -0.25) is 14.9 Å². The number of rotatable bonds is 6. The van der Waals surface area contributed by atoms with Crippen LogP contribution in [0.5, 0.6) is 5.75 Å². The first-order valence-electron chi connectivity index (χ1n) is 9.32. The lowest BCUT2D eigenvalue weighted by Crippen LogP contribution is -2.39. The zero-order valence-electron chi connectivity index (χ0n) is 16.2. The first-order chi connectivity index (χ1) is 13.9. The highest BCUT2D eigenvalue weighted by molar-refractivity contribution is 5.93. The van der Waals surface area contributed by atoms with Crippen LogP contribution in [-0.2, 0) is 16.0 Å². The van der Waals surface area contributed by atoms with E-state index in [9.17, 15) is 19.7 Å². The van der Waals surface area contributed by atoms with Crippen molar-refractivity contribution >= 4 is 17.6 Å². The molecule has 0 unspecified atom stereocenters. The van der Waals surface area contributed by atoms with Crippen LogP contribution >= 0.6 is 0 Å². The molecule has 0 aliphatic heterocycles. The predicted octanol–water partition coefficient (Wildman–Crippen LogP) is 3.34. The van der Waals surface area contributed by atoms with Gasteiger partial charge in [-0.25, -0.2) is 4.79 Å². The largest absolute Gasteiger partial charge is 0.490 e. The number of nitro benzene ring substituents is 1. The molecule has 0 heterocycles. The van der Waals surface area contributed by atoms with Crippen molar-refractivity contribution in [1.82, 2.24) is 5.32 Å². The van der Waals surface area contributed by atoms with E-state index in [0.29, 0.717) is 0 Å². The van der Waals surface area contributed by atoms with Gasteiger partial charge < -0.3 is 14.8 Å². The predicted molar refractivity (Wildman–Crippen MR) is 105 cm³/mol. The Labute approximate surface area is 168 Å². The molecule has 0 spiro atoms. The van der Waals surface area contributed by atoms with Crippen LogP contribution in [0.15, 0.2) is 42.5 Å². The number of carbonyl (C=O) groups is 2. The van der Waals surface area contributed by atoms with E-state index in [2.05, 4.69) is 5.32 Å². The van der Waals surface area contributed by atoms with E-state index in [1.54, 1.807) is 0 Å². The van der Waals surface area contributed by atoms with Crippen LogP contribution in [0.2, 0.25) is 0 Å². The molecule has 29 heavy (non-hydrogen) atoms. The standard InChI is InChI=1S/C21H22N2O6/c1-13(20(24)22-17-9-5-7-14-6-3-4-8-16(14)17)29-21(25)15-10-11-19(28-2)18(12-15)23(26)27/h3-4,6,8,10-13,17H,5,7,9H2,1-2H3,(H,22,24)/t13-,17-/m0/s1. The number of amides is 1. The molecular weight excluding hydrogens is 376 g/mol. The summed E-state index contributed by atoms with van der Waals surface area (Å²) in [6, 6.07) is 11.6. The summed E-state index contributed by atoms with van der Waals surface area (Å²) in [6.45, 7) is 1.47. The topological polar surface area (TPSA) is 108 Å². The third-order valence-corrected chi connectivity index (χ3v) is 4.95. The van der Waals surface area contributed by atoms with Gasteiger partial charge in [-0.15, -0.1) is 0 Å². The van der Waals surface area contributed by atoms with Crippen LogP contribution < -0.4 is 10.1 Å². The number of methoxy groups -OCH3 is 1. The molecule has 0 saturated heterocycles. The molecule has 0 bridgehead atoms. The highest BCUT2D eigenvalue weighted by Crippen LogP contribution is 2.30. The molecule has 1 N–H and O–H groups in total. The van der Waals surface area contributed by atoms with Gasteiger partial charge in [0.25, 0.3) is 5.91 Å². The van der Waals surface area contributed by atoms with Crippen LogP contribution in [0.3, 0.4) is 0 Å². The highest BCUT2D eigenvalue weighted by Gasteiger charge is 2.26. The lowest BCUT2D eigenvalue weighted by molar-refractivity contribution is -0.385. The number of nitrogens with zero attached hydrogens (tertiary/aromatic N) is 1. The smallest absolute Gasteiger partial charge is 0.339 e. The molecule has 2 aromatic rings. The Hall–Kier alpha value is -3.42. The first-order valence-corrected chi connectivity index (χ1v) is 9.32. The fourth-order valence-corrected chi connectivity index (χ4v) is 3.43. The molecular formula is C21H22N2O6. The molecule has 0 saturated carbocycles. The van der Waals surface area contributed by atoms with E-state index in [1.807, 2.05) is 24.3 Å². The summed E-state index contributed by atoms with van der Waals surface area (Å²) in [5.41, 5.74) is 1.91. The molecule has 0 radical (unpaired) electrons. The van der Waals surface area contributed by atoms with E-state index in [-0.39, 0.29) is 23.0 Å². The monoisotopic (exact) mass is 398 g/mol. The third kappa shape index (κ3) is 4.53. The summed E-state index contributed by atoms with van der Waals surface area (Å²) in [7, 11) is 1.30. The molecule has 1 aliphatic carbocycles. The summed E-state index contributed by atoms with van der Waals surface area (Å²) < 4.78 is 10.1. The lowest BCUT2D eigenvalue weighted by Gasteiger charge is -2.27. The van der Waals surface area contributed by atoms with Crippen molar-refractivity contribution in [3.05, 3.63) is 69.3 Å². The fraction of sp³-hybridized carbons (Fsp3) is 0.333. The molecule has 0 aromatic heterocycles. The number of nitro groups is 1. The van der Waals surface area contributed by atoms with Crippen LogP contribution in [0.25, 0.3) is 0 Å².